The molecule has 0 radical (unpaired) electrons. The topological polar surface area (TPSA) is 76.6 Å². The van der Waals surface area contributed by atoms with Gasteiger partial charge in [-0.15, -0.1) is 5.10 Å². The summed E-state index contributed by atoms with van der Waals surface area (Å²) in [6, 6.07) is 3.67. The van der Waals surface area contributed by atoms with Crippen molar-refractivity contribution in [2.24, 2.45) is 5.10 Å². The molecule has 0 atom stereocenters. The molecule has 1 aliphatic heterocycles. The molecular weight excluding hydrogens is 258 g/mol. The second kappa shape index (κ2) is 5.62. The number of rotatable bonds is 5. The lowest BCUT2D eigenvalue weighted by Crippen LogP contribution is -2.28. The minimum atomic E-state index is 0.476. The second-order valence-corrected chi connectivity index (χ2v) is 4.27. The average molecular weight is 273 g/mol. The number of hydrogen-bond acceptors (Lipinski definition) is 6. The summed E-state index contributed by atoms with van der Waals surface area (Å²) in [5.74, 6) is 1.04. The molecule has 20 heavy (non-hydrogen) atoms. The molecule has 7 nitrogen and oxygen atoms in total. The SMILES string of the molecule is C=c1ccoc1=C1NN=C(CNCCn2cccn2)O1. The molecule has 1 aliphatic rings. The van der Waals surface area contributed by atoms with Crippen molar-refractivity contribution in [3.8, 4) is 0 Å². The average Bonchev–Trinajstić information content (AvgIpc) is 3.16. The molecule has 0 aliphatic carbocycles. The Morgan fingerprint density at radius 3 is 3.15 bits per heavy atom. The van der Waals surface area contributed by atoms with Gasteiger partial charge < -0.3 is 14.5 Å². The van der Waals surface area contributed by atoms with Gasteiger partial charge in [-0.2, -0.15) is 5.10 Å². The highest BCUT2D eigenvalue weighted by atomic mass is 16.5. The Bertz CT molecular complexity index is 701. The van der Waals surface area contributed by atoms with Gasteiger partial charge in [0.05, 0.1) is 19.4 Å². The lowest BCUT2D eigenvalue weighted by Gasteiger charge is -2.04. The van der Waals surface area contributed by atoms with Gasteiger partial charge in [-0.05, 0) is 12.1 Å². The van der Waals surface area contributed by atoms with Crippen molar-refractivity contribution in [1.29, 1.82) is 0 Å². The largest absolute Gasteiger partial charge is 0.459 e. The Kier molecular flexibility index (Phi) is 3.51. The summed E-state index contributed by atoms with van der Waals surface area (Å²) in [6.45, 7) is 5.95. The molecule has 2 aromatic heterocycles. The molecule has 2 aromatic rings. The second-order valence-electron chi connectivity index (χ2n) is 4.27. The molecule has 3 rings (SSSR count). The number of aromatic nitrogens is 2. The zero-order valence-corrected chi connectivity index (χ0v) is 10.9. The predicted molar refractivity (Wildman–Crippen MR) is 73.6 cm³/mol. The Morgan fingerprint density at radius 2 is 2.40 bits per heavy atom. The zero-order chi connectivity index (χ0) is 13.8. The van der Waals surface area contributed by atoms with Crippen LogP contribution in [-0.4, -0.2) is 28.8 Å². The van der Waals surface area contributed by atoms with E-state index in [1.807, 2.05) is 16.9 Å². The van der Waals surface area contributed by atoms with Crippen LogP contribution >= 0.6 is 0 Å². The fourth-order valence-electron chi connectivity index (χ4n) is 1.81. The maximum atomic E-state index is 5.56. The van der Waals surface area contributed by atoms with Crippen LogP contribution in [0.4, 0.5) is 0 Å². The third kappa shape index (κ3) is 2.72. The molecule has 0 aromatic carbocycles. The van der Waals surface area contributed by atoms with Crippen LogP contribution < -0.4 is 21.4 Å². The summed E-state index contributed by atoms with van der Waals surface area (Å²) in [7, 11) is 0. The molecule has 2 N–H and O–H groups in total. The Balaban J connectivity index is 1.49. The summed E-state index contributed by atoms with van der Waals surface area (Å²) in [5, 5.41) is 12.2. The van der Waals surface area contributed by atoms with E-state index in [2.05, 4.69) is 27.5 Å². The summed E-state index contributed by atoms with van der Waals surface area (Å²) in [4.78, 5) is 0. The maximum Gasteiger partial charge on any atom is 0.259 e. The molecule has 104 valence electrons. The molecule has 0 saturated heterocycles. The van der Waals surface area contributed by atoms with Crippen molar-refractivity contribution in [3.05, 3.63) is 41.4 Å². The van der Waals surface area contributed by atoms with Crippen molar-refractivity contribution < 1.29 is 9.15 Å². The summed E-state index contributed by atoms with van der Waals surface area (Å²) >= 11 is 0. The highest BCUT2D eigenvalue weighted by molar-refractivity contribution is 5.83. The normalized spacial score (nSPS) is 16.7. The van der Waals surface area contributed by atoms with Gasteiger partial charge in [-0.1, -0.05) is 6.58 Å². The zero-order valence-electron chi connectivity index (χ0n) is 10.9. The minimum absolute atomic E-state index is 0.476. The Labute approximate surface area is 115 Å². The number of hydrazone groups is 1. The van der Waals surface area contributed by atoms with Gasteiger partial charge in [0.15, 0.2) is 5.42 Å². The fraction of sp³-hybridized carbons (Fsp3) is 0.231. The molecule has 0 spiro atoms. The van der Waals surface area contributed by atoms with Crippen LogP contribution in [0.3, 0.4) is 0 Å². The first kappa shape index (κ1) is 12.5. The maximum absolute atomic E-state index is 5.56. The van der Waals surface area contributed by atoms with Crippen LogP contribution in [0.5, 0.6) is 0 Å². The van der Waals surface area contributed by atoms with Crippen LogP contribution in [0.1, 0.15) is 0 Å². The van der Waals surface area contributed by atoms with Crippen LogP contribution in [0.2, 0.25) is 0 Å². The van der Waals surface area contributed by atoms with E-state index in [-0.39, 0.29) is 0 Å². The summed E-state index contributed by atoms with van der Waals surface area (Å²) < 4.78 is 12.7. The van der Waals surface area contributed by atoms with Crippen molar-refractivity contribution in [1.82, 2.24) is 20.5 Å². The molecule has 3 heterocycles. The fourth-order valence-corrected chi connectivity index (χ4v) is 1.81. The third-order valence-electron chi connectivity index (χ3n) is 2.81. The molecule has 0 amide bonds. The summed E-state index contributed by atoms with van der Waals surface area (Å²) in [5.41, 5.74) is 3.37. The van der Waals surface area contributed by atoms with Crippen LogP contribution in [-0.2, 0) is 11.3 Å². The van der Waals surface area contributed by atoms with Crippen molar-refractivity contribution in [3.63, 3.8) is 0 Å². The first-order chi connectivity index (χ1) is 9.83. The standard InChI is InChI=1S/C13H15N5O2/c1-10-3-8-19-12(10)13-17-16-11(20-13)9-14-5-7-18-6-2-4-15-18/h2-4,6,8,14,17H,1,5,7,9H2. The van der Waals surface area contributed by atoms with Crippen molar-refractivity contribution in [2.75, 3.05) is 13.1 Å². The van der Waals surface area contributed by atoms with E-state index < -0.39 is 0 Å². The highest BCUT2D eigenvalue weighted by Crippen LogP contribution is 2.00. The summed E-state index contributed by atoms with van der Waals surface area (Å²) in [6.07, 6.45) is 5.25. The van der Waals surface area contributed by atoms with Gasteiger partial charge in [0.2, 0.25) is 5.90 Å². The van der Waals surface area contributed by atoms with E-state index in [9.17, 15) is 0 Å². The Hall–Kier alpha value is -2.54. The third-order valence-corrected chi connectivity index (χ3v) is 2.81. The van der Waals surface area contributed by atoms with E-state index in [0.29, 0.717) is 23.7 Å². The van der Waals surface area contributed by atoms with Gasteiger partial charge in [0.25, 0.3) is 5.88 Å². The van der Waals surface area contributed by atoms with E-state index in [1.165, 1.54) is 0 Å². The smallest absolute Gasteiger partial charge is 0.259 e. The number of nitrogens with zero attached hydrogens (tertiary/aromatic N) is 3. The molecule has 0 unspecified atom stereocenters. The molecule has 0 fully saturated rings. The van der Waals surface area contributed by atoms with E-state index >= 15 is 0 Å². The van der Waals surface area contributed by atoms with Crippen LogP contribution in [0.15, 0.2) is 40.3 Å². The first-order valence-electron chi connectivity index (χ1n) is 6.28. The van der Waals surface area contributed by atoms with Gasteiger partial charge in [0, 0.05) is 24.2 Å². The van der Waals surface area contributed by atoms with Crippen molar-refractivity contribution >= 4 is 18.4 Å². The monoisotopic (exact) mass is 273 g/mol. The number of ether oxygens (including phenoxy) is 1. The van der Waals surface area contributed by atoms with Crippen LogP contribution in [0.25, 0.3) is 12.5 Å². The Morgan fingerprint density at radius 1 is 1.45 bits per heavy atom. The molecule has 7 heteroatoms. The van der Waals surface area contributed by atoms with E-state index in [4.69, 9.17) is 9.15 Å². The van der Waals surface area contributed by atoms with Gasteiger partial charge in [0.1, 0.15) is 0 Å². The first-order valence-corrected chi connectivity index (χ1v) is 6.28. The molecular formula is C13H15N5O2. The van der Waals surface area contributed by atoms with Crippen molar-refractivity contribution in [2.45, 2.75) is 6.54 Å². The predicted octanol–water partition coefficient (Wildman–Crippen LogP) is -0.825. The number of nitrogens with one attached hydrogen (secondary N) is 2. The lowest BCUT2D eigenvalue weighted by molar-refractivity contribution is 0.444. The molecule has 0 saturated carbocycles. The quantitative estimate of drug-likeness (QED) is 0.696. The molecule has 0 bridgehead atoms. The number of hydrogen-bond donors (Lipinski definition) is 2. The van der Waals surface area contributed by atoms with Gasteiger partial charge in [-0.3, -0.25) is 4.68 Å². The van der Waals surface area contributed by atoms with E-state index in [0.717, 1.165) is 18.3 Å². The number of furan rings is 1. The van der Waals surface area contributed by atoms with E-state index in [1.54, 1.807) is 18.5 Å². The lowest BCUT2D eigenvalue weighted by atomic mass is 10.5. The van der Waals surface area contributed by atoms with Gasteiger partial charge in [-0.25, -0.2) is 5.43 Å². The van der Waals surface area contributed by atoms with Gasteiger partial charge >= 0.3 is 0 Å². The highest BCUT2D eigenvalue weighted by Gasteiger charge is 2.14. The minimum Gasteiger partial charge on any atom is -0.459 e. The van der Waals surface area contributed by atoms with Crippen LogP contribution in [0, 0.1) is 0 Å².